The highest BCUT2D eigenvalue weighted by Crippen LogP contribution is 2.32. The normalized spacial score (nSPS) is 14.9. The molecule has 2 aromatic heterocycles. The molecule has 1 aliphatic heterocycles. The molecule has 0 unspecified atom stereocenters. The molecular weight excluding hydrogens is 382 g/mol. The first-order chi connectivity index (χ1) is 14.7. The summed E-state index contributed by atoms with van der Waals surface area (Å²) in [4.78, 5) is 12.4. The van der Waals surface area contributed by atoms with Crippen LogP contribution in [0.1, 0.15) is 16.1 Å². The summed E-state index contributed by atoms with van der Waals surface area (Å²) in [5.41, 5.74) is 3.49. The van der Waals surface area contributed by atoms with Crippen LogP contribution >= 0.6 is 0 Å². The number of hydrogen-bond donors (Lipinski definition) is 1. The van der Waals surface area contributed by atoms with Crippen LogP contribution < -0.4 is 14.8 Å². The van der Waals surface area contributed by atoms with Gasteiger partial charge in [0.15, 0.2) is 5.76 Å². The Morgan fingerprint density at radius 1 is 1.13 bits per heavy atom. The van der Waals surface area contributed by atoms with Gasteiger partial charge >= 0.3 is 0 Å². The third-order valence-corrected chi connectivity index (χ3v) is 5.09. The summed E-state index contributed by atoms with van der Waals surface area (Å²) >= 11 is 0. The van der Waals surface area contributed by atoms with Crippen LogP contribution in [0.15, 0.2) is 65.1 Å². The van der Waals surface area contributed by atoms with Crippen molar-refractivity contribution in [2.24, 2.45) is 0 Å². The molecular formula is C23H19N3O4. The molecule has 1 atom stereocenters. The zero-order chi connectivity index (χ0) is 20.5. The van der Waals surface area contributed by atoms with Gasteiger partial charge in [0.2, 0.25) is 5.88 Å². The van der Waals surface area contributed by atoms with Gasteiger partial charge in [0.25, 0.3) is 5.91 Å². The van der Waals surface area contributed by atoms with Gasteiger partial charge in [0.1, 0.15) is 17.4 Å². The van der Waals surface area contributed by atoms with Crippen molar-refractivity contribution in [3.05, 3.63) is 72.0 Å². The number of carbonyl (C=O) groups is 1. The molecule has 150 valence electrons. The standard InChI is InChI=1S/C23H19N3O4/c1-28-22-9-7-18(25-26-22)14-6-8-20-16(10-14)11-17(29-20)13-24-23(27)21-12-15-4-2-3-5-19(15)30-21/h2-10,12,17H,11,13H2,1H3,(H,24,27)/t17-/m1/s1. The second-order valence-corrected chi connectivity index (χ2v) is 7.09. The topological polar surface area (TPSA) is 86.5 Å². The van der Waals surface area contributed by atoms with Gasteiger partial charge in [0.05, 0.1) is 19.3 Å². The van der Waals surface area contributed by atoms with Crippen molar-refractivity contribution >= 4 is 16.9 Å². The van der Waals surface area contributed by atoms with Crippen molar-refractivity contribution in [1.29, 1.82) is 0 Å². The number of benzene rings is 2. The number of ether oxygens (including phenoxy) is 2. The third-order valence-electron chi connectivity index (χ3n) is 5.09. The molecule has 1 aliphatic rings. The number of carbonyl (C=O) groups excluding carboxylic acids is 1. The zero-order valence-electron chi connectivity index (χ0n) is 16.3. The molecule has 1 amide bonds. The molecule has 0 radical (unpaired) electrons. The first-order valence-corrected chi connectivity index (χ1v) is 9.64. The van der Waals surface area contributed by atoms with Gasteiger partial charge in [-0.05, 0) is 42.0 Å². The zero-order valence-corrected chi connectivity index (χ0v) is 16.3. The summed E-state index contributed by atoms with van der Waals surface area (Å²) in [5, 5.41) is 12.0. The van der Waals surface area contributed by atoms with E-state index in [4.69, 9.17) is 13.9 Å². The number of amides is 1. The fourth-order valence-corrected chi connectivity index (χ4v) is 3.56. The van der Waals surface area contributed by atoms with Crippen LogP contribution in [0.4, 0.5) is 0 Å². The monoisotopic (exact) mass is 401 g/mol. The molecule has 0 aliphatic carbocycles. The number of para-hydroxylation sites is 1. The lowest BCUT2D eigenvalue weighted by Crippen LogP contribution is -2.34. The minimum Gasteiger partial charge on any atom is -0.488 e. The second kappa shape index (κ2) is 7.51. The first-order valence-electron chi connectivity index (χ1n) is 9.64. The Morgan fingerprint density at radius 2 is 2.03 bits per heavy atom. The van der Waals surface area contributed by atoms with Crippen LogP contribution in [0, 0.1) is 0 Å². The average Bonchev–Trinajstić information content (AvgIpc) is 3.40. The lowest BCUT2D eigenvalue weighted by molar-refractivity contribution is 0.0908. The molecule has 5 rings (SSSR count). The van der Waals surface area contributed by atoms with Crippen LogP contribution in [0.25, 0.3) is 22.2 Å². The molecule has 0 bridgehead atoms. The van der Waals surface area contributed by atoms with Crippen LogP contribution in [-0.2, 0) is 6.42 Å². The minimum atomic E-state index is -0.250. The number of hydrogen-bond acceptors (Lipinski definition) is 6. The highest BCUT2D eigenvalue weighted by atomic mass is 16.5. The first kappa shape index (κ1) is 18.2. The molecule has 7 heteroatoms. The van der Waals surface area contributed by atoms with Crippen LogP contribution in [-0.4, -0.2) is 35.9 Å². The van der Waals surface area contributed by atoms with E-state index < -0.39 is 0 Å². The van der Waals surface area contributed by atoms with Gasteiger partial charge in [-0.2, -0.15) is 0 Å². The molecule has 0 spiro atoms. The van der Waals surface area contributed by atoms with Gasteiger partial charge in [0, 0.05) is 23.4 Å². The maximum absolute atomic E-state index is 12.4. The Labute approximate surface area is 172 Å². The van der Waals surface area contributed by atoms with Gasteiger partial charge in [-0.1, -0.05) is 18.2 Å². The highest BCUT2D eigenvalue weighted by molar-refractivity contribution is 5.96. The van der Waals surface area contributed by atoms with E-state index in [-0.39, 0.29) is 12.0 Å². The summed E-state index contributed by atoms with van der Waals surface area (Å²) in [6.45, 7) is 0.391. The number of nitrogens with zero attached hydrogens (tertiary/aromatic N) is 2. The molecule has 1 N–H and O–H groups in total. The van der Waals surface area contributed by atoms with Gasteiger partial charge < -0.3 is 19.2 Å². The van der Waals surface area contributed by atoms with Crippen molar-refractivity contribution in [3.63, 3.8) is 0 Å². The molecule has 0 saturated heterocycles. The summed E-state index contributed by atoms with van der Waals surface area (Å²) in [6.07, 6.45) is 0.568. The fourth-order valence-electron chi connectivity index (χ4n) is 3.56. The van der Waals surface area contributed by atoms with Crippen LogP contribution in [0.2, 0.25) is 0 Å². The molecule has 2 aromatic carbocycles. The smallest absolute Gasteiger partial charge is 0.287 e. The molecule has 7 nitrogen and oxygen atoms in total. The number of nitrogens with one attached hydrogen (secondary N) is 1. The Morgan fingerprint density at radius 3 is 2.83 bits per heavy atom. The quantitative estimate of drug-likeness (QED) is 0.550. The Kier molecular flexibility index (Phi) is 4.55. The third kappa shape index (κ3) is 3.45. The SMILES string of the molecule is COc1ccc(-c2ccc3c(c2)C[C@H](CNC(=O)c2cc4ccccc4o2)O3)nn1. The molecule has 0 saturated carbocycles. The minimum absolute atomic E-state index is 0.134. The summed E-state index contributed by atoms with van der Waals surface area (Å²) < 4.78 is 16.6. The number of aromatic nitrogens is 2. The summed E-state index contributed by atoms with van der Waals surface area (Å²) in [6, 6.07) is 18.9. The number of furan rings is 1. The maximum atomic E-state index is 12.4. The average molecular weight is 401 g/mol. The highest BCUT2D eigenvalue weighted by Gasteiger charge is 2.24. The number of rotatable bonds is 5. The Balaban J connectivity index is 1.24. The maximum Gasteiger partial charge on any atom is 0.287 e. The lowest BCUT2D eigenvalue weighted by Gasteiger charge is -2.11. The molecule has 3 heterocycles. The van der Waals surface area contributed by atoms with Crippen LogP contribution in [0.5, 0.6) is 11.6 Å². The lowest BCUT2D eigenvalue weighted by atomic mass is 10.0. The summed E-state index contributed by atoms with van der Waals surface area (Å²) in [5.74, 6) is 1.35. The van der Waals surface area contributed by atoms with Gasteiger partial charge in [-0.25, -0.2) is 0 Å². The van der Waals surface area contributed by atoms with E-state index in [1.54, 1.807) is 19.2 Å². The predicted molar refractivity (Wildman–Crippen MR) is 111 cm³/mol. The largest absolute Gasteiger partial charge is 0.488 e. The van der Waals surface area contributed by atoms with Crippen molar-refractivity contribution in [1.82, 2.24) is 15.5 Å². The summed E-state index contributed by atoms with van der Waals surface area (Å²) in [7, 11) is 1.56. The van der Waals surface area contributed by atoms with Gasteiger partial charge in [-0.15, -0.1) is 10.2 Å². The second-order valence-electron chi connectivity index (χ2n) is 7.09. The van der Waals surface area contributed by atoms with E-state index in [1.807, 2.05) is 48.5 Å². The van der Waals surface area contributed by atoms with E-state index in [1.165, 1.54) is 0 Å². The van der Waals surface area contributed by atoms with E-state index in [9.17, 15) is 4.79 Å². The van der Waals surface area contributed by atoms with Crippen molar-refractivity contribution < 1.29 is 18.7 Å². The fraction of sp³-hybridized carbons (Fsp3) is 0.174. The van der Waals surface area contributed by atoms with Crippen LogP contribution in [0.3, 0.4) is 0 Å². The molecule has 30 heavy (non-hydrogen) atoms. The Bertz CT molecular complexity index is 1180. The van der Waals surface area contributed by atoms with Crippen molar-refractivity contribution in [2.75, 3.05) is 13.7 Å². The molecule has 4 aromatic rings. The molecule has 0 fully saturated rings. The van der Waals surface area contributed by atoms with E-state index >= 15 is 0 Å². The van der Waals surface area contributed by atoms with E-state index in [0.29, 0.717) is 30.2 Å². The van der Waals surface area contributed by atoms with E-state index in [2.05, 4.69) is 15.5 Å². The predicted octanol–water partition coefficient (Wildman–Crippen LogP) is 3.63. The van der Waals surface area contributed by atoms with Crippen molar-refractivity contribution in [3.8, 4) is 22.9 Å². The van der Waals surface area contributed by atoms with Crippen molar-refractivity contribution in [2.45, 2.75) is 12.5 Å². The van der Waals surface area contributed by atoms with E-state index in [0.717, 1.165) is 28.0 Å². The Hall–Kier alpha value is -3.87. The number of fused-ring (bicyclic) bond motifs is 2. The number of methoxy groups -OCH3 is 1. The van der Waals surface area contributed by atoms with Gasteiger partial charge in [-0.3, -0.25) is 4.79 Å².